The molecule has 1 heterocycles. The summed E-state index contributed by atoms with van der Waals surface area (Å²) in [5, 5.41) is 2.85. The molecular formula is C19H20N2O3. The lowest BCUT2D eigenvalue weighted by atomic mass is 9.94. The van der Waals surface area contributed by atoms with Gasteiger partial charge in [-0.25, -0.2) is 9.59 Å². The van der Waals surface area contributed by atoms with Gasteiger partial charge >= 0.3 is 12.0 Å². The van der Waals surface area contributed by atoms with Gasteiger partial charge in [0, 0.05) is 18.7 Å². The van der Waals surface area contributed by atoms with Gasteiger partial charge in [0.25, 0.3) is 0 Å². The van der Waals surface area contributed by atoms with Crippen LogP contribution in [0.5, 0.6) is 0 Å². The second-order valence-electron chi connectivity index (χ2n) is 5.66. The Bertz CT molecular complexity index is 730. The van der Waals surface area contributed by atoms with Gasteiger partial charge in [0.2, 0.25) is 0 Å². The van der Waals surface area contributed by atoms with E-state index in [1.165, 1.54) is 0 Å². The van der Waals surface area contributed by atoms with Crippen LogP contribution in [-0.4, -0.2) is 29.5 Å². The van der Waals surface area contributed by atoms with Gasteiger partial charge in [-0.2, -0.15) is 0 Å². The summed E-state index contributed by atoms with van der Waals surface area (Å²) in [5.74, 6) is -0.366. The Kier molecular flexibility index (Phi) is 4.79. The largest absolute Gasteiger partial charge is 0.464 e. The average Bonchev–Trinajstić information content (AvgIpc) is 2.61. The topological polar surface area (TPSA) is 58.6 Å². The normalized spacial score (nSPS) is 16.2. The second-order valence-corrected chi connectivity index (χ2v) is 5.66. The smallest absolute Gasteiger partial charge is 0.329 e. The molecule has 1 atom stereocenters. The molecule has 0 fully saturated rings. The number of amides is 2. The number of nitrogens with zero attached hydrogens (tertiary/aromatic N) is 1. The van der Waals surface area contributed by atoms with E-state index in [1.807, 2.05) is 54.6 Å². The molecule has 0 aliphatic carbocycles. The van der Waals surface area contributed by atoms with Gasteiger partial charge in [-0.3, -0.25) is 0 Å². The van der Waals surface area contributed by atoms with E-state index < -0.39 is 6.04 Å². The number of urea groups is 1. The Morgan fingerprint density at radius 2 is 1.75 bits per heavy atom. The number of esters is 1. The van der Waals surface area contributed by atoms with E-state index >= 15 is 0 Å². The molecule has 0 spiro atoms. The fourth-order valence-electron chi connectivity index (χ4n) is 2.90. The number of carbonyl (C=O) groups is 2. The van der Waals surface area contributed by atoms with Crippen molar-refractivity contribution in [3.63, 3.8) is 0 Å². The van der Waals surface area contributed by atoms with Crippen LogP contribution in [0.15, 0.2) is 54.6 Å². The molecule has 1 N–H and O–H groups in total. The Labute approximate surface area is 141 Å². The van der Waals surface area contributed by atoms with E-state index in [1.54, 1.807) is 11.8 Å². The molecule has 5 nitrogen and oxygen atoms in total. The molecule has 0 saturated heterocycles. The monoisotopic (exact) mass is 324 g/mol. The van der Waals surface area contributed by atoms with Gasteiger partial charge < -0.3 is 15.0 Å². The molecule has 0 aromatic heterocycles. The maximum Gasteiger partial charge on any atom is 0.329 e. The fraction of sp³-hybridized carbons (Fsp3) is 0.263. The number of hydrogen-bond donors (Lipinski definition) is 1. The number of rotatable bonds is 3. The molecule has 124 valence electrons. The molecule has 5 heteroatoms. The molecule has 1 aliphatic rings. The number of fused-ring (bicyclic) bond motifs is 1. The molecular weight excluding hydrogens is 304 g/mol. The molecule has 2 aromatic carbocycles. The van der Waals surface area contributed by atoms with E-state index in [0.717, 1.165) is 11.1 Å². The summed E-state index contributed by atoms with van der Waals surface area (Å²) < 4.78 is 5.17. The van der Waals surface area contributed by atoms with E-state index in [4.69, 9.17) is 4.74 Å². The predicted molar refractivity (Wildman–Crippen MR) is 91.6 cm³/mol. The van der Waals surface area contributed by atoms with Crippen LogP contribution in [0.2, 0.25) is 0 Å². The van der Waals surface area contributed by atoms with E-state index in [0.29, 0.717) is 25.3 Å². The summed E-state index contributed by atoms with van der Waals surface area (Å²) >= 11 is 0. The van der Waals surface area contributed by atoms with Gasteiger partial charge in [-0.1, -0.05) is 42.5 Å². The Morgan fingerprint density at radius 1 is 1.08 bits per heavy atom. The summed E-state index contributed by atoms with van der Waals surface area (Å²) in [7, 11) is 0. The number of ether oxygens (including phenoxy) is 1. The first-order valence-corrected chi connectivity index (χ1v) is 8.05. The van der Waals surface area contributed by atoms with Crippen molar-refractivity contribution < 1.29 is 14.3 Å². The minimum Gasteiger partial charge on any atom is -0.464 e. The summed E-state index contributed by atoms with van der Waals surface area (Å²) in [4.78, 5) is 26.6. The zero-order valence-corrected chi connectivity index (χ0v) is 13.6. The van der Waals surface area contributed by atoms with Crippen LogP contribution < -0.4 is 5.32 Å². The lowest BCUT2D eigenvalue weighted by Gasteiger charge is -2.35. The minimum absolute atomic E-state index is 0.297. The molecule has 0 saturated carbocycles. The second kappa shape index (κ2) is 7.17. The fourth-order valence-corrected chi connectivity index (χ4v) is 2.90. The standard InChI is InChI=1S/C19H20N2O3/c1-2-24-18(22)17-12-14-8-6-7-9-15(14)13-21(17)19(23)20-16-10-4-3-5-11-16/h3-11,17H,2,12-13H2,1H3,(H,20,23). The number of carbonyl (C=O) groups excluding carboxylic acids is 2. The van der Waals surface area contributed by atoms with E-state index in [9.17, 15) is 9.59 Å². The summed E-state index contributed by atoms with van der Waals surface area (Å²) in [6, 6.07) is 16.2. The Balaban J connectivity index is 1.84. The number of anilines is 1. The zero-order chi connectivity index (χ0) is 16.9. The Morgan fingerprint density at radius 3 is 2.46 bits per heavy atom. The zero-order valence-electron chi connectivity index (χ0n) is 13.6. The lowest BCUT2D eigenvalue weighted by Crippen LogP contribution is -2.50. The van der Waals surface area contributed by atoms with E-state index in [-0.39, 0.29) is 12.0 Å². The molecule has 1 aliphatic heterocycles. The van der Waals surface area contributed by atoms with Crippen LogP contribution >= 0.6 is 0 Å². The molecule has 24 heavy (non-hydrogen) atoms. The quantitative estimate of drug-likeness (QED) is 0.882. The van der Waals surface area contributed by atoms with Crippen LogP contribution in [-0.2, 0) is 22.5 Å². The van der Waals surface area contributed by atoms with Crippen molar-refractivity contribution in [2.45, 2.75) is 25.9 Å². The third kappa shape index (κ3) is 3.40. The van der Waals surface area contributed by atoms with Gasteiger partial charge in [-0.15, -0.1) is 0 Å². The molecule has 3 rings (SSSR count). The highest BCUT2D eigenvalue weighted by Crippen LogP contribution is 2.25. The van der Waals surface area contributed by atoms with Crippen LogP contribution in [0.3, 0.4) is 0 Å². The van der Waals surface area contributed by atoms with Crippen molar-refractivity contribution in [3.05, 3.63) is 65.7 Å². The SMILES string of the molecule is CCOC(=O)C1Cc2ccccc2CN1C(=O)Nc1ccccc1. The van der Waals surface area contributed by atoms with E-state index in [2.05, 4.69) is 5.32 Å². The number of para-hydroxylation sites is 1. The van der Waals surface area contributed by atoms with Crippen molar-refractivity contribution in [3.8, 4) is 0 Å². The van der Waals surface area contributed by atoms with Gasteiger partial charge in [0.05, 0.1) is 6.61 Å². The predicted octanol–water partition coefficient (Wildman–Crippen LogP) is 3.21. The molecule has 1 unspecified atom stereocenters. The first-order chi connectivity index (χ1) is 11.7. The Hall–Kier alpha value is -2.82. The van der Waals surface area contributed by atoms with Crippen LogP contribution in [0.1, 0.15) is 18.1 Å². The maximum atomic E-state index is 12.7. The van der Waals surface area contributed by atoms with Gasteiger partial charge in [-0.05, 0) is 30.2 Å². The van der Waals surface area contributed by atoms with Crippen molar-refractivity contribution >= 4 is 17.7 Å². The third-order valence-corrected chi connectivity index (χ3v) is 4.09. The summed E-state index contributed by atoms with van der Waals surface area (Å²) in [5.41, 5.74) is 2.84. The van der Waals surface area contributed by atoms with Gasteiger partial charge in [0.1, 0.15) is 6.04 Å². The van der Waals surface area contributed by atoms with Crippen molar-refractivity contribution in [2.24, 2.45) is 0 Å². The minimum atomic E-state index is -0.608. The van der Waals surface area contributed by atoms with Crippen LogP contribution in [0.4, 0.5) is 10.5 Å². The molecule has 0 bridgehead atoms. The summed E-state index contributed by atoms with van der Waals surface area (Å²) in [6.07, 6.45) is 0.469. The van der Waals surface area contributed by atoms with Crippen molar-refractivity contribution in [1.29, 1.82) is 0 Å². The number of nitrogens with one attached hydrogen (secondary N) is 1. The first-order valence-electron chi connectivity index (χ1n) is 8.05. The number of benzene rings is 2. The summed E-state index contributed by atoms with van der Waals surface area (Å²) in [6.45, 7) is 2.45. The highest BCUT2D eigenvalue weighted by Gasteiger charge is 2.35. The highest BCUT2D eigenvalue weighted by atomic mass is 16.5. The third-order valence-electron chi connectivity index (χ3n) is 4.09. The lowest BCUT2D eigenvalue weighted by molar-refractivity contribution is -0.148. The average molecular weight is 324 g/mol. The van der Waals surface area contributed by atoms with Gasteiger partial charge in [0.15, 0.2) is 0 Å². The van der Waals surface area contributed by atoms with Crippen LogP contribution in [0, 0.1) is 0 Å². The van der Waals surface area contributed by atoms with Crippen LogP contribution in [0.25, 0.3) is 0 Å². The molecule has 0 radical (unpaired) electrons. The highest BCUT2D eigenvalue weighted by molar-refractivity contribution is 5.93. The molecule has 2 amide bonds. The molecule has 2 aromatic rings. The number of hydrogen-bond acceptors (Lipinski definition) is 3. The first kappa shape index (κ1) is 16.1. The maximum absolute atomic E-state index is 12.7. The van der Waals surface area contributed by atoms with Crippen molar-refractivity contribution in [1.82, 2.24) is 4.90 Å². The van der Waals surface area contributed by atoms with Crippen molar-refractivity contribution in [2.75, 3.05) is 11.9 Å².